The Balaban J connectivity index is 1.38. The molecule has 0 bridgehead atoms. The standard InChI is InChI=1S/C21H19BrN8O5S2/c1-9-11-3-4-12(22)29(11)6-5-28(9)7-10-8-36-19-14(18(32)30(19)15(10)20(33)34)24-17(31)13(26-35-2)16-25-21(23)37-27-16/h3-6,14,19H,7-8H2,1-2H3,(H3-,23,24,25,27,31,33,34)/p+1/b26-13-/t14-,19-/m1/s1. The van der Waals surface area contributed by atoms with Gasteiger partial charge in [0, 0.05) is 29.8 Å². The van der Waals surface area contributed by atoms with Gasteiger partial charge in [-0.25, -0.2) is 4.79 Å². The minimum absolute atomic E-state index is 0.0328. The quantitative estimate of drug-likeness (QED) is 0.150. The number of aryl methyl sites for hydroxylation is 1. The Bertz CT molecular complexity index is 1520. The molecule has 1 saturated heterocycles. The molecule has 13 nitrogen and oxygen atoms in total. The van der Waals surface area contributed by atoms with E-state index in [-0.39, 0.29) is 22.4 Å². The Morgan fingerprint density at radius 2 is 2.22 bits per heavy atom. The highest BCUT2D eigenvalue weighted by Crippen LogP contribution is 2.40. The number of hydrogen-bond donors (Lipinski definition) is 3. The number of fused-ring (bicyclic) bond motifs is 2. The molecule has 16 heteroatoms. The van der Waals surface area contributed by atoms with Crippen LogP contribution in [0.25, 0.3) is 5.52 Å². The van der Waals surface area contributed by atoms with Crippen LogP contribution >= 0.6 is 39.2 Å². The van der Waals surface area contributed by atoms with Gasteiger partial charge in [-0.3, -0.25) is 18.9 Å². The number of carboxylic acids is 1. The number of nitrogens with two attached hydrogens (primary N) is 1. The van der Waals surface area contributed by atoms with Gasteiger partial charge in [-0.05, 0) is 28.1 Å². The van der Waals surface area contributed by atoms with Gasteiger partial charge in [0.2, 0.25) is 17.2 Å². The highest BCUT2D eigenvalue weighted by atomic mass is 79.9. The molecule has 2 amide bonds. The number of carboxylic acid groups (broad SMARTS) is 1. The first kappa shape index (κ1) is 25.2. The van der Waals surface area contributed by atoms with Crippen molar-refractivity contribution in [3.05, 3.63) is 51.9 Å². The molecule has 0 unspecified atom stereocenters. The summed E-state index contributed by atoms with van der Waals surface area (Å²) in [6.07, 6.45) is 3.75. The van der Waals surface area contributed by atoms with E-state index >= 15 is 0 Å². The second-order valence-corrected chi connectivity index (χ2v) is 10.8. The Morgan fingerprint density at radius 3 is 2.89 bits per heavy atom. The Morgan fingerprint density at radius 1 is 1.43 bits per heavy atom. The third kappa shape index (κ3) is 4.34. The number of amides is 2. The highest BCUT2D eigenvalue weighted by molar-refractivity contribution is 9.10. The van der Waals surface area contributed by atoms with Crippen LogP contribution in [0, 0.1) is 6.92 Å². The third-order valence-electron chi connectivity index (χ3n) is 6.01. The lowest BCUT2D eigenvalue weighted by molar-refractivity contribution is -0.694. The number of β-lactam (4-membered cyclic amide) rings is 1. The van der Waals surface area contributed by atoms with Crippen molar-refractivity contribution in [1.82, 2.24) is 24.0 Å². The fourth-order valence-corrected chi connectivity index (χ4v) is 6.48. The van der Waals surface area contributed by atoms with Crippen LogP contribution in [-0.4, -0.2) is 71.5 Å². The van der Waals surface area contributed by atoms with Gasteiger partial charge in [0.25, 0.3) is 11.8 Å². The fourth-order valence-electron chi connectivity index (χ4n) is 4.27. The van der Waals surface area contributed by atoms with Crippen molar-refractivity contribution in [2.45, 2.75) is 24.9 Å². The number of nitrogens with one attached hydrogen (secondary N) is 1. The van der Waals surface area contributed by atoms with Gasteiger partial charge < -0.3 is 21.0 Å². The second-order valence-electron chi connectivity index (χ2n) is 8.12. The van der Waals surface area contributed by atoms with E-state index in [0.29, 0.717) is 17.9 Å². The number of rotatable bonds is 7. The zero-order chi connectivity index (χ0) is 26.4. The van der Waals surface area contributed by atoms with Crippen molar-refractivity contribution >= 4 is 73.4 Å². The van der Waals surface area contributed by atoms with Crippen molar-refractivity contribution in [1.29, 1.82) is 0 Å². The highest BCUT2D eigenvalue weighted by Gasteiger charge is 2.55. The fraction of sp³-hybridized carbons (Fsp3) is 0.286. The van der Waals surface area contributed by atoms with Gasteiger partial charge in [0.1, 0.15) is 29.7 Å². The number of halogens is 1. The molecule has 192 valence electrons. The summed E-state index contributed by atoms with van der Waals surface area (Å²) in [5, 5.41) is 15.9. The maximum Gasteiger partial charge on any atom is 0.352 e. The number of nitrogen functional groups attached to an aromatic ring is 1. The van der Waals surface area contributed by atoms with Crippen molar-refractivity contribution < 1.29 is 28.9 Å². The van der Waals surface area contributed by atoms with Crippen LogP contribution in [0.1, 0.15) is 11.5 Å². The lowest BCUT2D eigenvalue weighted by atomic mass is 10.0. The van der Waals surface area contributed by atoms with Crippen molar-refractivity contribution in [2.24, 2.45) is 5.16 Å². The Hall–Kier alpha value is -3.50. The average molecular weight is 608 g/mol. The maximum atomic E-state index is 13.1. The third-order valence-corrected chi connectivity index (χ3v) is 8.54. The van der Waals surface area contributed by atoms with Crippen LogP contribution in [0.3, 0.4) is 0 Å². The summed E-state index contributed by atoms with van der Waals surface area (Å²) >= 11 is 5.76. The molecule has 3 aromatic rings. The molecule has 0 aromatic carbocycles. The van der Waals surface area contributed by atoms with E-state index in [1.807, 2.05) is 40.4 Å². The van der Waals surface area contributed by atoms with Gasteiger partial charge in [0.15, 0.2) is 17.9 Å². The average Bonchev–Trinajstić information content (AvgIpc) is 3.47. The molecule has 37 heavy (non-hydrogen) atoms. The van der Waals surface area contributed by atoms with Gasteiger partial charge in [-0.1, -0.05) is 5.16 Å². The van der Waals surface area contributed by atoms with E-state index in [9.17, 15) is 19.5 Å². The summed E-state index contributed by atoms with van der Waals surface area (Å²) in [6, 6.07) is 2.96. The number of carbonyl (C=O) groups is 3. The molecule has 2 aliphatic rings. The van der Waals surface area contributed by atoms with Crippen LogP contribution in [0.15, 0.2) is 45.6 Å². The van der Waals surface area contributed by atoms with Gasteiger partial charge in [0.05, 0.1) is 10.8 Å². The molecule has 0 aliphatic carbocycles. The van der Waals surface area contributed by atoms with E-state index in [2.05, 4.69) is 35.8 Å². The predicted octanol–water partition coefficient (Wildman–Crippen LogP) is 0.521. The number of anilines is 1. The van der Waals surface area contributed by atoms with Crippen LogP contribution in [0.2, 0.25) is 0 Å². The molecule has 2 atom stereocenters. The van der Waals surface area contributed by atoms with Crippen LogP contribution < -0.4 is 15.6 Å². The Kier molecular flexibility index (Phi) is 6.63. The topological polar surface area (TPSA) is 168 Å². The molecule has 5 heterocycles. The molecule has 1 fully saturated rings. The number of oxime groups is 1. The summed E-state index contributed by atoms with van der Waals surface area (Å²) in [5.41, 5.74) is 7.80. The molecule has 0 radical (unpaired) electrons. The monoisotopic (exact) mass is 607 g/mol. The van der Waals surface area contributed by atoms with E-state index < -0.39 is 29.2 Å². The maximum absolute atomic E-state index is 13.1. The van der Waals surface area contributed by atoms with Crippen molar-refractivity contribution in [2.75, 3.05) is 18.6 Å². The van der Waals surface area contributed by atoms with Crippen LogP contribution in [0.5, 0.6) is 0 Å². The van der Waals surface area contributed by atoms with E-state index in [1.54, 1.807) is 0 Å². The van der Waals surface area contributed by atoms with Crippen LogP contribution in [-0.2, 0) is 25.8 Å². The minimum atomic E-state index is -1.20. The van der Waals surface area contributed by atoms with E-state index in [0.717, 1.165) is 27.3 Å². The normalized spacial score (nSPS) is 19.6. The molecule has 4 N–H and O–H groups in total. The van der Waals surface area contributed by atoms with E-state index in [4.69, 9.17) is 10.6 Å². The molecule has 2 aliphatic heterocycles. The number of nitrogens with zero attached hydrogens (tertiary/aromatic N) is 6. The smallest absolute Gasteiger partial charge is 0.352 e. The van der Waals surface area contributed by atoms with Crippen LogP contribution in [0.4, 0.5) is 5.13 Å². The first-order chi connectivity index (χ1) is 17.7. The first-order valence-electron chi connectivity index (χ1n) is 10.8. The summed E-state index contributed by atoms with van der Waals surface area (Å²) in [7, 11) is 1.26. The second kappa shape index (κ2) is 9.75. The lowest BCUT2D eigenvalue weighted by Crippen LogP contribution is -2.71. The predicted molar refractivity (Wildman–Crippen MR) is 138 cm³/mol. The molecule has 0 saturated carbocycles. The number of thioether (sulfide) groups is 1. The molecule has 3 aromatic heterocycles. The summed E-state index contributed by atoms with van der Waals surface area (Å²) in [4.78, 5) is 48.1. The number of aromatic nitrogens is 4. The first-order valence-corrected chi connectivity index (χ1v) is 13.4. The van der Waals surface area contributed by atoms with Gasteiger partial charge in [-0.2, -0.15) is 13.9 Å². The van der Waals surface area contributed by atoms with Crippen molar-refractivity contribution in [3.8, 4) is 0 Å². The largest absolute Gasteiger partial charge is 0.477 e. The molecular weight excluding hydrogens is 588 g/mol. The SMILES string of the molecule is CO/N=C(\C(=O)N[C@@H]1C(=O)N2C(C(=O)O)=C(C[n+]3ccn4c(Br)ccc4c3C)CS[C@H]12)c1nsc(N)n1. The Labute approximate surface area is 226 Å². The molecular formula is C21H20BrN8O5S2+. The minimum Gasteiger partial charge on any atom is -0.477 e. The number of carbonyl (C=O) groups excluding carboxylic acids is 2. The summed E-state index contributed by atoms with van der Waals surface area (Å²) in [6.45, 7) is 2.25. The van der Waals surface area contributed by atoms with Crippen molar-refractivity contribution in [3.63, 3.8) is 0 Å². The van der Waals surface area contributed by atoms with E-state index in [1.165, 1.54) is 23.8 Å². The summed E-state index contributed by atoms with van der Waals surface area (Å²) in [5.74, 6) is -2.13. The zero-order valence-electron chi connectivity index (χ0n) is 19.4. The van der Waals surface area contributed by atoms with Gasteiger partial charge in [-0.15, -0.1) is 11.8 Å². The lowest BCUT2D eigenvalue weighted by Gasteiger charge is -2.49. The zero-order valence-corrected chi connectivity index (χ0v) is 22.6. The van der Waals surface area contributed by atoms with Gasteiger partial charge >= 0.3 is 5.97 Å². The number of aliphatic carboxylic acids is 1. The molecule has 5 rings (SSSR count). The number of hydrogen-bond acceptors (Lipinski definition) is 10. The summed E-state index contributed by atoms with van der Waals surface area (Å²) < 4.78 is 8.80. The molecule has 0 spiro atoms.